The van der Waals surface area contributed by atoms with Crippen LogP contribution in [0.25, 0.3) is 17.0 Å². The molecule has 1 aromatic heterocycles. The van der Waals surface area contributed by atoms with E-state index in [1.165, 1.54) is 20.5 Å². The SMILES string of the molecule is COc1cc2ncnc(Nc3ccc(C(=O)/C=C/c4ccc(C(F)(F)F)cc4F)cc3)c2cc1OC. The first-order valence-electron chi connectivity index (χ1n) is 10.5. The van der Waals surface area contributed by atoms with Crippen LogP contribution in [-0.4, -0.2) is 30.0 Å². The Kier molecular flexibility index (Phi) is 6.86. The first-order chi connectivity index (χ1) is 17.2. The van der Waals surface area contributed by atoms with Gasteiger partial charge in [-0.2, -0.15) is 13.2 Å². The molecule has 0 fully saturated rings. The molecule has 4 rings (SSSR count). The maximum Gasteiger partial charge on any atom is 0.416 e. The molecule has 4 aromatic rings. The molecule has 6 nitrogen and oxygen atoms in total. The normalized spacial score (nSPS) is 11.6. The van der Waals surface area contributed by atoms with E-state index in [0.717, 1.165) is 24.3 Å². The van der Waals surface area contributed by atoms with Crippen molar-refractivity contribution in [1.29, 1.82) is 0 Å². The number of ketones is 1. The van der Waals surface area contributed by atoms with Crippen LogP contribution in [-0.2, 0) is 6.18 Å². The number of nitrogens with one attached hydrogen (secondary N) is 1. The Morgan fingerprint density at radius 2 is 1.64 bits per heavy atom. The molecule has 0 aliphatic rings. The summed E-state index contributed by atoms with van der Waals surface area (Å²) in [6, 6.07) is 12.1. The van der Waals surface area contributed by atoms with Crippen molar-refractivity contribution in [2.75, 3.05) is 19.5 Å². The fraction of sp³-hybridized carbons (Fsp3) is 0.115. The van der Waals surface area contributed by atoms with Gasteiger partial charge in [0.2, 0.25) is 0 Å². The molecule has 0 radical (unpaired) electrons. The van der Waals surface area contributed by atoms with Gasteiger partial charge < -0.3 is 14.8 Å². The number of aromatic nitrogens is 2. The number of methoxy groups -OCH3 is 2. The Morgan fingerprint density at radius 1 is 0.944 bits per heavy atom. The summed E-state index contributed by atoms with van der Waals surface area (Å²) in [5, 5.41) is 3.86. The van der Waals surface area contributed by atoms with Crippen LogP contribution in [0.2, 0.25) is 0 Å². The van der Waals surface area contributed by atoms with E-state index in [-0.39, 0.29) is 5.56 Å². The molecular weight excluding hydrogens is 478 g/mol. The van der Waals surface area contributed by atoms with E-state index in [2.05, 4.69) is 15.3 Å². The number of ether oxygens (including phenoxy) is 2. The van der Waals surface area contributed by atoms with Crippen LogP contribution >= 0.6 is 0 Å². The van der Waals surface area contributed by atoms with Crippen LogP contribution in [0.4, 0.5) is 29.1 Å². The quantitative estimate of drug-likeness (QED) is 0.180. The number of rotatable bonds is 7. The largest absolute Gasteiger partial charge is 0.493 e. The molecular formula is C26H19F4N3O3. The van der Waals surface area contributed by atoms with Gasteiger partial charge in [0.25, 0.3) is 0 Å². The Morgan fingerprint density at radius 3 is 2.28 bits per heavy atom. The number of allylic oxidation sites excluding steroid dienone is 1. The van der Waals surface area contributed by atoms with Gasteiger partial charge in [0.05, 0.1) is 25.3 Å². The second-order valence-corrected chi connectivity index (χ2v) is 7.58. The van der Waals surface area contributed by atoms with Gasteiger partial charge in [0.1, 0.15) is 18.0 Å². The molecule has 0 aliphatic heterocycles. The van der Waals surface area contributed by atoms with E-state index in [1.54, 1.807) is 36.4 Å². The summed E-state index contributed by atoms with van der Waals surface area (Å²) >= 11 is 0. The molecule has 0 aliphatic carbocycles. The van der Waals surface area contributed by atoms with Crippen LogP contribution in [0.3, 0.4) is 0 Å². The summed E-state index contributed by atoms with van der Waals surface area (Å²) in [5.41, 5.74) is 0.359. The number of alkyl halides is 3. The van der Waals surface area contributed by atoms with Gasteiger partial charge in [-0.25, -0.2) is 14.4 Å². The van der Waals surface area contributed by atoms with Crippen LogP contribution in [0.1, 0.15) is 21.5 Å². The molecule has 1 heterocycles. The lowest BCUT2D eigenvalue weighted by molar-refractivity contribution is -0.137. The number of benzene rings is 3. The summed E-state index contributed by atoms with van der Waals surface area (Å²) in [7, 11) is 3.05. The van der Waals surface area contributed by atoms with Gasteiger partial charge in [-0.05, 0) is 54.6 Å². The smallest absolute Gasteiger partial charge is 0.416 e. The molecule has 0 bridgehead atoms. The lowest BCUT2D eigenvalue weighted by atomic mass is 10.1. The lowest BCUT2D eigenvalue weighted by Gasteiger charge is -2.12. The molecule has 0 saturated heterocycles. The van der Waals surface area contributed by atoms with Crippen LogP contribution in [0, 0.1) is 5.82 Å². The van der Waals surface area contributed by atoms with Crippen molar-refractivity contribution < 1.29 is 31.8 Å². The summed E-state index contributed by atoms with van der Waals surface area (Å²) in [6.45, 7) is 0. The lowest BCUT2D eigenvalue weighted by Crippen LogP contribution is -2.05. The molecule has 10 heteroatoms. The molecule has 3 aromatic carbocycles. The third-order valence-corrected chi connectivity index (χ3v) is 5.31. The minimum atomic E-state index is -4.65. The average molecular weight is 497 g/mol. The highest BCUT2D eigenvalue weighted by molar-refractivity contribution is 6.07. The fourth-order valence-corrected chi connectivity index (χ4v) is 3.44. The Hall–Kier alpha value is -4.47. The predicted octanol–water partition coefficient (Wildman–Crippen LogP) is 6.44. The molecule has 0 unspecified atom stereocenters. The first kappa shape index (κ1) is 24.6. The van der Waals surface area contributed by atoms with Crippen molar-refractivity contribution >= 4 is 34.3 Å². The van der Waals surface area contributed by atoms with E-state index in [9.17, 15) is 22.4 Å². The topological polar surface area (TPSA) is 73.3 Å². The minimum absolute atomic E-state index is 0.127. The summed E-state index contributed by atoms with van der Waals surface area (Å²) in [4.78, 5) is 21.0. The zero-order valence-corrected chi connectivity index (χ0v) is 19.1. The van der Waals surface area contributed by atoms with Crippen molar-refractivity contribution in [3.63, 3.8) is 0 Å². The zero-order valence-electron chi connectivity index (χ0n) is 19.1. The Labute approximate surface area is 203 Å². The molecule has 0 atom stereocenters. The molecule has 36 heavy (non-hydrogen) atoms. The van der Waals surface area contributed by atoms with Gasteiger partial charge in [-0.15, -0.1) is 0 Å². The van der Waals surface area contributed by atoms with Crippen LogP contribution in [0.15, 0.2) is 67.0 Å². The predicted molar refractivity (Wildman–Crippen MR) is 127 cm³/mol. The molecule has 1 N–H and O–H groups in total. The van der Waals surface area contributed by atoms with Gasteiger partial charge in [-0.1, -0.05) is 6.07 Å². The number of nitrogens with zero attached hydrogens (tertiary/aromatic N) is 2. The van der Waals surface area contributed by atoms with E-state index < -0.39 is 23.3 Å². The Balaban J connectivity index is 1.51. The van der Waals surface area contributed by atoms with Crippen molar-refractivity contribution in [3.8, 4) is 11.5 Å². The van der Waals surface area contributed by atoms with E-state index >= 15 is 0 Å². The first-order valence-corrected chi connectivity index (χ1v) is 10.5. The van der Waals surface area contributed by atoms with Gasteiger partial charge in [-0.3, -0.25) is 4.79 Å². The molecule has 0 amide bonds. The van der Waals surface area contributed by atoms with Crippen LogP contribution < -0.4 is 14.8 Å². The van der Waals surface area contributed by atoms with E-state index in [4.69, 9.17) is 9.47 Å². The van der Waals surface area contributed by atoms with Crippen molar-refractivity contribution in [3.05, 3.63) is 89.5 Å². The maximum absolute atomic E-state index is 14.0. The maximum atomic E-state index is 14.0. The van der Waals surface area contributed by atoms with Crippen LogP contribution in [0.5, 0.6) is 11.5 Å². The highest BCUT2D eigenvalue weighted by atomic mass is 19.4. The number of fused-ring (bicyclic) bond motifs is 1. The highest BCUT2D eigenvalue weighted by Crippen LogP contribution is 2.34. The van der Waals surface area contributed by atoms with Gasteiger partial charge in [0.15, 0.2) is 17.3 Å². The number of hydrogen-bond donors (Lipinski definition) is 1. The highest BCUT2D eigenvalue weighted by Gasteiger charge is 2.31. The number of carbonyl (C=O) groups excluding carboxylic acids is 1. The summed E-state index contributed by atoms with van der Waals surface area (Å²) < 4.78 is 62.7. The number of halogens is 4. The third-order valence-electron chi connectivity index (χ3n) is 5.31. The molecule has 0 spiro atoms. The monoisotopic (exact) mass is 497 g/mol. The standard InChI is InChI=1S/C26H19F4N3O3/c1-35-23-12-19-21(13-24(23)36-2)31-14-32-25(19)33-18-8-4-16(5-9-18)22(34)10-6-15-3-7-17(11-20(15)27)26(28,29)30/h3-14H,1-2H3,(H,31,32,33)/b10-6+. The number of hydrogen-bond acceptors (Lipinski definition) is 6. The fourth-order valence-electron chi connectivity index (χ4n) is 3.44. The second-order valence-electron chi connectivity index (χ2n) is 7.58. The van der Waals surface area contributed by atoms with E-state index in [0.29, 0.717) is 45.5 Å². The molecule has 0 saturated carbocycles. The number of anilines is 2. The van der Waals surface area contributed by atoms with Crippen molar-refractivity contribution in [1.82, 2.24) is 9.97 Å². The second kappa shape index (κ2) is 10.0. The Bertz CT molecular complexity index is 1450. The van der Waals surface area contributed by atoms with Crippen molar-refractivity contribution in [2.45, 2.75) is 6.18 Å². The third kappa shape index (κ3) is 5.27. The number of carbonyl (C=O) groups is 1. The average Bonchev–Trinajstić information content (AvgIpc) is 2.87. The minimum Gasteiger partial charge on any atom is -0.493 e. The van der Waals surface area contributed by atoms with E-state index in [1.807, 2.05) is 0 Å². The molecule has 184 valence electrons. The zero-order chi connectivity index (χ0) is 25.9. The van der Waals surface area contributed by atoms with Gasteiger partial charge in [0, 0.05) is 28.3 Å². The van der Waals surface area contributed by atoms with Crippen molar-refractivity contribution in [2.24, 2.45) is 0 Å². The summed E-state index contributed by atoms with van der Waals surface area (Å²) in [5.74, 6) is 0.0458. The van der Waals surface area contributed by atoms with Gasteiger partial charge >= 0.3 is 6.18 Å². The summed E-state index contributed by atoms with van der Waals surface area (Å²) in [6.07, 6.45) is -1.00.